The van der Waals surface area contributed by atoms with E-state index in [1.807, 2.05) is 32.0 Å². The Hall–Kier alpha value is -2.65. The van der Waals surface area contributed by atoms with Gasteiger partial charge >= 0.3 is 0 Å². The number of hydrogen-bond donors (Lipinski definition) is 3. The van der Waals surface area contributed by atoms with Crippen molar-refractivity contribution in [3.8, 4) is 11.5 Å². The fourth-order valence-corrected chi connectivity index (χ4v) is 3.27. The molecule has 1 atom stereocenters. The van der Waals surface area contributed by atoms with Crippen molar-refractivity contribution in [2.24, 2.45) is 5.92 Å². The Morgan fingerprint density at radius 2 is 1.76 bits per heavy atom. The molecule has 0 heterocycles. The molecule has 33 heavy (non-hydrogen) atoms. The van der Waals surface area contributed by atoms with Gasteiger partial charge in [0.05, 0.1) is 11.1 Å². The molecule has 0 aliphatic carbocycles. The number of rotatable bonds is 8. The second-order valence-electron chi connectivity index (χ2n) is 8.08. The minimum Gasteiger partial charge on any atom is -0.492 e. The lowest BCUT2D eigenvalue weighted by Gasteiger charge is -2.17. The van der Waals surface area contributed by atoms with Crippen molar-refractivity contribution in [2.75, 3.05) is 6.61 Å². The van der Waals surface area contributed by atoms with Gasteiger partial charge in [-0.25, -0.2) is 0 Å². The van der Waals surface area contributed by atoms with Crippen LogP contribution in [0.3, 0.4) is 0 Å². The van der Waals surface area contributed by atoms with Gasteiger partial charge in [0.1, 0.15) is 11.5 Å². The first-order valence-corrected chi connectivity index (χ1v) is 11.8. The Kier molecular flexibility index (Phi) is 10.1. The Morgan fingerprint density at radius 3 is 2.39 bits per heavy atom. The van der Waals surface area contributed by atoms with Crippen molar-refractivity contribution >= 4 is 45.1 Å². The van der Waals surface area contributed by atoms with E-state index < -0.39 is 17.9 Å². The summed E-state index contributed by atoms with van der Waals surface area (Å²) in [5, 5.41) is 2.48. The fraction of sp³-hybridized carbons (Fsp3) is 0.375. The minimum absolute atomic E-state index is 0.0416. The molecule has 0 spiro atoms. The lowest BCUT2D eigenvalue weighted by atomic mass is 10.1. The fourth-order valence-electron chi connectivity index (χ4n) is 2.64. The molecule has 2 aromatic rings. The van der Waals surface area contributed by atoms with Crippen LogP contribution in [0.25, 0.3) is 0 Å². The van der Waals surface area contributed by atoms with Crippen LogP contribution < -0.4 is 25.6 Å². The summed E-state index contributed by atoms with van der Waals surface area (Å²) in [4.78, 5) is 24.7. The Bertz CT molecular complexity index is 1010. The summed E-state index contributed by atoms with van der Waals surface area (Å²) in [6.45, 7) is 10.5. The topological polar surface area (TPSA) is 88.7 Å². The number of carbonyl (C=O) groups is 2. The molecular weight excluding hydrogens is 506 g/mol. The first kappa shape index (κ1) is 26.6. The van der Waals surface area contributed by atoms with Crippen LogP contribution in [0, 0.1) is 19.8 Å². The summed E-state index contributed by atoms with van der Waals surface area (Å²) in [6.07, 6.45) is 0.173. The van der Waals surface area contributed by atoms with Crippen molar-refractivity contribution in [2.45, 2.75) is 47.1 Å². The molecule has 0 aliphatic heterocycles. The summed E-state index contributed by atoms with van der Waals surface area (Å²) in [5.41, 5.74) is 7.56. The summed E-state index contributed by atoms with van der Waals surface area (Å²) in [7, 11) is 0. The van der Waals surface area contributed by atoms with Gasteiger partial charge in [0, 0.05) is 5.56 Å². The molecular formula is C24H30BrN3O4S. The highest BCUT2D eigenvalue weighted by atomic mass is 79.9. The third-order valence-corrected chi connectivity index (χ3v) is 5.66. The summed E-state index contributed by atoms with van der Waals surface area (Å²) in [6, 6.07) is 10.6. The van der Waals surface area contributed by atoms with Gasteiger partial charge in [0.25, 0.3) is 11.8 Å². The molecule has 0 aliphatic rings. The number of hydrogen-bond acceptors (Lipinski definition) is 5. The van der Waals surface area contributed by atoms with Gasteiger partial charge in [-0.1, -0.05) is 19.9 Å². The average Bonchev–Trinajstić information content (AvgIpc) is 2.75. The first-order chi connectivity index (χ1) is 15.6. The van der Waals surface area contributed by atoms with E-state index in [0.29, 0.717) is 34.1 Å². The molecule has 178 valence electrons. The highest BCUT2D eigenvalue weighted by Gasteiger charge is 2.16. The van der Waals surface area contributed by atoms with Crippen molar-refractivity contribution in [1.29, 1.82) is 0 Å². The summed E-state index contributed by atoms with van der Waals surface area (Å²) < 4.78 is 12.1. The second kappa shape index (κ2) is 12.6. The minimum atomic E-state index is -0.766. The number of nitrogens with one attached hydrogen (secondary N) is 3. The average molecular weight is 536 g/mol. The van der Waals surface area contributed by atoms with Gasteiger partial charge in [-0.2, -0.15) is 0 Å². The second-order valence-corrected chi connectivity index (χ2v) is 9.34. The zero-order valence-electron chi connectivity index (χ0n) is 19.5. The number of carbonyl (C=O) groups excluding carboxylic acids is 2. The van der Waals surface area contributed by atoms with Gasteiger partial charge in [-0.3, -0.25) is 25.8 Å². The Balaban J connectivity index is 1.82. The molecule has 0 saturated carbocycles. The van der Waals surface area contributed by atoms with E-state index in [4.69, 9.17) is 21.7 Å². The molecule has 9 heteroatoms. The van der Waals surface area contributed by atoms with Crippen molar-refractivity contribution in [3.05, 3.63) is 57.6 Å². The van der Waals surface area contributed by atoms with Crippen LogP contribution in [0.1, 0.15) is 48.7 Å². The molecule has 2 rings (SSSR count). The molecule has 2 amide bonds. The summed E-state index contributed by atoms with van der Waals surface area (Å²) >= 11 is 8.53. The zero-order chi connectivity index (χ0) is 24.5. The Morgan fingerprint density at radius 1 is 1.03 bits per heavy atom. The van der Waals surface area contributed by atoms with E-state index in [1.165, 1.54) is 0 Å². The van der Waals surface area contributed by atoms with Gasteiger partial charge in [0.15, 0.2) is 11.2 Å². The van der Waals surface area contributed by atoms with E-state index in [2.05, 4.69) is 45.9 Å². The number of thiocarbonyl (C=S) groups is 1. The smallest absolute Gasteiger partial charge is 0.279 e. The van der Waals surface area contributed by atoms with Crippen LogP contribution in [0.4, 0.5) is 0 Å². The van der Waals surface area contributed by atoms with E-state index in [-0.39, 0.29) is 5.11 Å². The Labute approximate surface area is 208 Å². The van der Waals surface area contributed by atoms with E-state index in [9.17, 15) is 9.59 Å². The quantitative estimate of drug-likeness (QED) is 0.338. The molecule has 1 unspecified atom stereocenters. The van der Waals surface area contributed by atoms with Crippen molar-refractivity contribution in [1.82, 2.24) is 16.2 Å². The zero-order valence-corrected chi connectivity index (χ0v) is 21.9. The van der Waals surface area contributed by atoms with Crippen molar-refractivity contribution < 1.29 is 19.1 Å². The molecule has 0 radical (unpaired) electrons. The number of benzene rings is 2. The van der Waals surface area contributed by atoms with Crippen LogP contribution in [-0.2, 0) is 4.79 Å². The lowest BCUT2D eigenvalue weighted by Crippen LogP contribution is -2.51. The van der Waals surface area contributed by atoms with Crippen LogP contribution in [0.2, 0.25) is 0 Å². The molecule has 0 fully saturated rings. The van der Waals surface area contributed by atoms with Crippen molar-refractivity contribution in [3.63, 3.8) is 0 Å². The highest BCUT2D eigenvalue weighted by Crippen LogP contribution is 2.26. The van der Waals surface area contributed by atoms with E-state index in [0.717, 1.165) is 17.5 Å². The highest BCUT2D eigenvalue weighted by molar-refractivity contribution is 9.10. The van der Waals surface area contributed by atoms with Crippen LogP contribution in [0.5, 0.6) is 11.5 Å². The van der Waals surface area contributed by atoms with Crippen LogP contribution >= 0.6 is 28.1 Å². The third-order valence-electron chi connectivity index (χ3n) is 4.83. The van der Waals surface area contributed by atoms with Gasteiger partial charge < -0.3 is 9.47 Å². The molecule has 0 saturated heterocycles. The number of ether oxygens (including phenoxy) is 2. The van der Waals surface area contributed by atoms with Gasteiger partial charge in [-0.05, 0) is 103 Å². The monoisotopic (exact) mass is 535 g/mol. The van der Waals surface area contributed by atoms with E-state index >= 15 is 0 Å². The molecule has 0 aromatic heterocycles. The molecule has 3 N–H and O–H groups in total. The number of aryl methyl sites for hydroxylation is 2. The maximum atomic E-state index is 12.5. The number of hydrazine groups is 1. The predicted octanol–water partition coefficient (Wildman–Crippen LogP) is 4.59. The maximum absolute atomic E-state index is 12.5. The van der Waals surface area contributed by atoms with Gasteiger partial charge in [0.2, 0.25) is 0 Å². The maximum Gasteiger partial charge on any atom is 0.279 e. The molecule has 2 aromatic carbocycles. The first-order valence-electron chi connectivity index (χ1n) is 10.6. The molecule has 7 nitrogen and oxygen atoms in total. The van der Waals surface area contributed by atoms with E-state index in [1.54, 1.807) is 25.1 Å². The van der Waals surface area contributed by atoms with Crippen LogP contribution in [-0.4, -0.2) is 29.6 Å². The predicted molar refractivity (Wildman–Crippen MR) is 136 cm³/mol. The number of amides is 2. The largest absolute Gasteiger partial charge is 0.492 e. The SMILES string of the molecule is Cc1ccc(OC(C)C(=O)NNC(=S)NC(=O)c2ccc(OCCC(C)C)c(Br)c2)cc1C. The van der Waals surface area contributed by atoms with Gasteiger partial charge in [-0.15, -0.1) is 0 Å². The molecule has 0 bridgehead atoms. The number of halogens is 1. The lowest BCUT2D eigenvalue weighted by molar-refractivity contribution is -0.127. The summed E-state index contributed by atoms with van der Waals surface area (Å²) in [5.74, 6) is 0.951. The normalized spacial score (nSPS) is 11.5. The third kappa shape index (κ3) is 8.66. The van der Waals surface area contributed by atoms with Crippen LogP contribution in [0.15, 0.2) is 40.9 Å². The standard InChI is InChI=1S/C24H30BrN3O4S/c1-14(2)10-11-31-21-9-7-18(13-20(21)25)23(30)26-24(33)28-27-22(29)17(5)32-19-8-6-15(3)16(4)12-19/h6-9,12-14,17H,10-11H2,1-5H3,(H,27,29)(H2,26,28,30,33).